The van der Waals surface area contributed by atoms with E-state index in [-0.39, 0.29) is 33.6 Å². The van der Waals surface area contributed by atoms with Crippen molar-refractivity contribution < 1.29 is 19.4 Å². The first-order chi connectivity index (χ1) is 15.9. The Morgan fingerprint density at radius 1 is 1.12 bits per heavy atom. The van der Waals surface area contributed by atoms with Gasteiger partial charge in [0.15, 0.2) is 0 Å². The van der Waals surface area contributed by atoms with E-state index in [9.17, 15) is 14.7 Å². The van der Waals surface area contributed by atoms with Gasteiger partial charge in [-0.3, -0.25) is 4.79 Å². The summed E-state index contributed by atoms with van der Waals surface area (Å²) in [6.07, 6.45) is 1.39. The first-order valence-electron chi connectivity index (χ1n) is 11.2. The fourth-order valence-corrected chi connectivity index (χ4v) is 5.22. The Balaban J connectivity index is 1.38. The summed E-state index contributed by atoms with van der Waals surface area (Å²) in [7, 11) is 0. The highest BCUT2D eigenvalue weighted by Gasteiger charge is 2.40. The molecule has 0 radical (unpaired) electrons. The van der Waals surface area contributed by atoms with E-state index in [1.807, 2.05) is 11.8 Å². The lowest BCUT2D eigenvalue weighted by Crippen LogP contribution is -2.52. The van der Waals surface area contributed by atoms with E-state index in [1.165, 1.54) is 0 Å². The van der Waals surface area contributed by atoms with Gasteiger partial charge in [0.2, 0.25) is 5.91 Å². The third-order valence-electron chi connectivity index (χ3n) is 6.43. The van der Waals surface area contributed by atoms with E-state index < -0.39 is 12.4 Å². The van der Waals surface area contributed by atoms with Gasteiger partial charge in [0.25, 0.3) is 6.35 Å². The van der Waals surface area contributed by atoms with Crippen molar-refractivity contribution in [2.24, 2.45) is 16.4 Å². The number of carbonyl (C=O) groups excluding carboxylic acids is 2. The molecule has 10 nitrogen and oxygen atoms in total. The normalized spacial score (nSPS) is 25.5. The molecule has 33 heavy (non-hydrogen) atoms. The number of urea groups is 1. The Kier molecular flexibility index (Phi) is 7.58. The Morgan fingerprint density at radius 3 is 2.36 bits per heavy atom. The number of para-hydroxylation sites is 1. The molecule has 0 bridgehead atoms. The number of aliphatic hydroxyl groups is 1. The molecule has 2 aliphatic heterocycles. The lowest BCUT2D eigenvalue weighted by Gasteiger charge is -2.39. The predicted octanol–water partition coefficient (Wildman–Crippen LogP) is 3.53. The van der Waals surface area contributed by atoms with Crippen molar-refractivity contribution >= 4 is 40.8 Å². The topological polar surface area (TPSA) is 101 Å². The number of benzene rings is 1. The number of halogens is 2. The minimum absolute atomic E-state index is 0.0249. The molecule has 1 aromatic carbocycles. The number of hydrogen-bond acceptors (Lipinski definition) is 7. The molecule has 2 heterocycles. The van der Waals surface area contributed by atoms with Crippen molar-refractivity contribution in [3.63, 3.8) is 0 Å². The standard InChI is InChI=1S/C21H28Cl2N6O4/c1-2-27(15-8-6-14(7-9-15)19(30)26-10-12-33-13-11-26)20(31)29-21(32)28(24-25-29)18-16(22)4-3-5-17(18)23/h3-5,14-15,21,32H,2,6-13H2,1H3/t14?,15?,21-/m1/s1. The number of aliphatic hydroxyl groups excluding tert-OH is 1. The number of carbonyl (C=O) groups is 2. The van der Waals surface area contributed by atoms with E-state index >= 15 is 0 Å². The molecule has 12 heteroatoms. The summed E-state index contributed by atoms with van der Waals surface area (Å²) in [5, 5.41) is 21.2. The molecule has 3 amide bonds. The largest absolute Gasteiger partial charge is 0.378 e. The zero-order chi connectivity index (χ0) is 23.5. The van der Waals surface area contributed by atoms with Crippen LogP contribution in [0.4, 0.5) is 10.5 Å². The molecule has 0 unspecified atom stereocenters. The lowest BCUT2D eigenvalue weighted by atomic mass is 9.84. The van der Waals surface area contributed by atoms with Gasteiger partial charge in [-0.25, -0.2) is 4.79 Å². The molecule has 1 aromatic rings. The highest BCUT2D eigenvalue weighted by Crippen LogP contribution is 2.37. The number of anilines is 1. The molecule has 1 N–H and O–H groups in total. The van der Waals surface area contributed by atoms with Gasteiger partial charge in [-0.05, 0) is 55.2 Å². The Morgan fingerprint density at radius 2 is 1.76 bits per heavy atom. The van der Waals surface area contributed by atoms with E-state index in [4.69, 9.17) is 27.9 Å². The summed E-state index contributed by atoms with van der Waals surface area (Å²) in [6.45, 7) is 4.78. The number of rotatable bonds is 4. The van der Waals surface area contributed by atoms with Crippen LogP contribution in [0, 0.1) is 5.92 Å². The monoisotopic (exact) mass is 498 g/mol. The molecule has 2 fully saturated rings. The minimum atomic E-state index is -1.47. The summed E-state index contributed by atoms with van der Waals surface area (Å²) in [5.74, 6) is 0.158. The molecule has 3 aliphatic rings. The molecule has 180 valence electrons. The van der Waals surface area contributed by atoms with Gasteiger partial charge in [-0.1, -0.05) is 29.3 Å². The van der Waals surface area contributed by atoms with E-state index in [1.54, 1.807) is 23.1 Å². The molecular formula is C21H28Cl2N6O4. The van der Waals surface area contributed by atoms with Crippen LogP contribution in [0.15, 0.2) is 28.6 Å². The maximum absolute atomic E-state index is 13.3. The number of morpholine rings is 1. The summed E-state index contributed by atoms with van der Waals surface area (Å²) < 4.78 is 5.34. The van der Waals surface area contributed by atoms with Crippen molar-refractivity contribution in [1.29, 1.82) is 0 Å². The van der Waals surface area contributed by atoms with Gasteiger partial charge in [-0.15, -0.1) is 5.01 Å². The molecule has 1 atom stereocenters. The smallest absolute Gasteiger partial charge is 0.346 e. The SMILES string of the molecule is CCN(C(=O)N1N=NN(c2c(Cl)cccc2Cl)[C@H]1O)C1CCC(C(=O)N2CCOCC2)CC1. The average molecular weight is 499 g/mol. The van der Waals surface area contributed by atoms with Crippen LogP contribution in [0.3, 0.4) is 0 Å². The Hall–Kier alpha value is -2.14. The van der Waals surface area contributed by atoms with Gasteiger partial charge in [-0.2, -0.15) is 5.01 Å². The average Bonchev–Trinajstić information content (AvgIpc) is 3.21. The number of nitrogens with zero attached hydrogens (tertiary/aromatic N) is 6. The molecule has 1 aliphatic carbocycles. The van der Waals surface area contributed by atoms with Crippen molar-refractivity contribution in [2.75, 3.05) is 37.9 Å². The summed E-state index contributed by atoms with van der Waals surface area (Å²) in [6, 6.07) is 4.41. The van der Waals surface area contributed by atoms with Crippen LogP contribution in [0.25, 0.3) is 0 Å². The second kappa shape index (κ2) is 10.4. The molecular weight excluding hydrogens is 471 g/mol. The minimum Gasteiger partial charge on any atom is -0.378 e. The van der Waals surface area contributed by atoms with Crippen LogP contribution in [0.2, 0.25) is 10.0 Å². The molecule has 4 rings (SSSR count). The van der Waals surface area contributed by atoms with Gasteiger partial charge in [0, 0.05) is 31.6 Å². The molecule has 1 saturated carbocycles. The third-order valence-corrected chi connectivity index (χ3v) is 7.04. The van der Waals surface area contributed by atoms with Crippen molar-refractivity contribution in [3.05, 3.63) is 28.2 Å². The first-order valence-corrected chi connectivity index (χ1v) is 12.0. The third kappa shape index (κ3) is 4.89. The Labute approximate surface area is 202 Å². The fraction of sp³-hybridized carbons (Fsp3) is 0.619. The van der Waals surface area contributed by atoms with Gasteiger partial charge >= 0.3 is 6.03 Å². The summed E-state index contributed by atoms with van der Waals surface area (Å²) in [4.78, 5) is 29.6. The summed E-state index contributed by atoms with van der Waals surface area (Å²) in [5.41, 5.74) is 0.276. The molecule has 0 aromatic heterocycles. The molecule has 0 spiro atoms. The summed E-state index contributed by atoms with van der Waals surface area (Å²) >= 11 is 12.4. The van der Waals surface area contributed by atoms with E-state index in [0.717, 1.165) is 22.9 Å². The van der Waals surface area contributed by atoms with Crippen LogP contribution in [-0.4, -0.2) is 77.1 Å². The van der Waals surface area contributed by atoms with Crippen LogP contribution in [0.1, 0.15) is 32.6 Å². The number of ether oxygens (including phenoxy) is 1. The van der Waals surface area contributed by atoms with Crippen molar-refractivity contribution in [2.45, 2.75) is 45.0 Å². The maximum Gasteiger partial charge on any atom is 0.346 e. The van der Waals surface area contributed by atoms with E-state index in [2.05, 4.69) is 10.4 Å². The number of amides is 3. The van der Waals surface area contributed by atoms with Crippen LogP contribution >= 0.6 is 23.2 Å². The van der Waals surface area contributed by atoms with E-state index in [0.29, 0.717) is 45.7 Å². The highest BCUT2D eigenvalue weighted by atomic mass is 35.5. The van der Waals surface area contributed by atoms with Crippen molar-refractivity contribution in [3.8, 4) is 0 Å². The quantitative estimate of drug-likeness (QED) is 0.683. The second-order valence-electron chi connectivity index (χ2n) is 8.30. The van der Waals surface area contributed by atoms with Gasteiger partial charge in [0.1, 0.15) is 5.69 Å². The predicted molar refractivity (Wildman–Crippen MR) is 123 cm³/mol. The Bertz CT molecular complexity index is 884. The van der Waals surface area contributed by atoms with Crippen LogP contribution in [-0.2, 0) is 9.53 Å². The second-order valence-corrected chi connectivity index (χ2v) is 9.11. The van der Waals surface area contributed by atoms with Crippen LogP contribution in [0.5, 0.6) is 0 Å². The lowest BCUT2D eigenvalue weighted by molar-refractivity contribution is -0.141. The zero-order valence-electron chi connectivity index (χ0n) is 18.4. The highest BCUT2D eigenvalue weighted by molar-refractivity contribution is 6.39. The fourth-order valence-electron chi connectivity index (χ4n) is 4.64. The maximum atomic E-state index is 13.3. The zero-order valence-corrected chi connectivity index (χ0v) is 20.0. The number of hydrogen-bond donors (Lipinski definition) is 1. The molecule has 1 saturated heterocycles. The first kappa shape index (κ1) is 24.0. The van der Waals surface area contributed by atoms with Gasteiger partial charge in [0.05, 0.1) is 23.3 Å². The van der Waals surface area contributed by atoms with Crippen molar-refractivity contribution in [1.82, 2.24) is 14.8 Å². The van der Waals surface area contributed by atoms with Crippen LogP contribution < -0.4 is 5.01 Å². The van der Waals surface area contributed by atoms with Gasteiger partial charge < -0.3 is 19.6 Å².